The van der Waals surface area contributed by atoms with Crippen molar-refractivity contribution in [1.29, 1.82) is 0 Å². The second-order valence-corrected chi connectivity index (χ2v) is 5.11. The first-order valence-corrected chi connectivity index (χ1v) is 7.17. The van der Waals surface area contributed by atoms with Crippen molar-refractivity contribution in [3.63, 3.8) is 0 Å². The fraction of sp³-hybridized carbons (Fsp3) is 0.133. The van der Waals surface area contributed by atoms with Crippen molar-refractivity contribution in [1.82, 2.24) is 35.2 Å². The van der Waals surface area contributed by atoms with Crippen LogP contribution in [-0.4, -0.2) is 35.2 Å². The highest BCUT2D eigenvalue weighted by atomic mass is 15.5. The van der Waals surface area contributed by atoms with Crippen LogP contribution in [0.4, 0.5) is 5.69 Å². The molecule has 0 spiro atoms. The van der Waals surface area contributed by atoms with E-state index in [1.54, 1.807) is 17.1 Å². The SMILES string of the molecule is Cc1nnnn1-c1cccc(NCc2c[nH]c3nccnc23)c1. The number of aromatic nitrogens is 7. The molecular formula is C15H14N8. The van der Waals surface area contributed by atoms with Crippen LogP contribution in [0.25, 0.3) is 16.9 Å². The molecule has 3 aromatic heterocycles. The van der Waals surface area contributed by atoms with E-state index in [1.807, 2.05) is 37.4 Å². The number of nitrogens with one attached hydrogen (secondary N) is 2. The smallest absolute Gasteiger partial charge is 0.156 e. The first kappa shape index (κ1) is 13.4. The van der Waals surface area contributed by atoms with Crippen molar-refractivity contribution in [3.8, 4) is 5.69 Å². The number of hydrogen-bond donors (Lipinski definition) is 2. The quantitative estimate of drug-likeness (QED) is 0.597. The highest BCUT2D eigenvalue weighted by molar-refractivity contribution is 5.74. The van der Waals surface area contributed by atoms with Crippen molar-refractivity contribution < 1.29 is 0 Å². The number of benzene rings is 1. The van der Waals surface area contributed by atoms with E-state index in [0.717, 1.165) is 33.9 Å². The van der Waals surface area contributed by atoms with E-state index in [2.05, 4.69) is 35.8 Å². The standard InChI is InChI=1S/C15H14N8/c1-10-20-21-22-23(10)13-4-2-3-12(7-13)18-8-11-9-19-15-14(11)16-5-6-17-15/h2-7,9,18H,8H2,1H3,(H,17,19). The van der Waals surface area contributed by atoms with E-state index in [-0.39, 0.29) is 0 Å². The van der Waals surface area contributed by atoms with Crippen LogP contribution in [0.3, 0.4) is 0 Å². The lowest BCUT2D eigenvalue weighted by molar-refractivity contribution is 0.779. The number of tetrazole rings is 1. The number of aryl methyl sites for hydroxylation is 1. The first-order valence-electron chi connectivity index (χ1n) is 7.17. The third kappa shape index (κ3) is 2.50. The first-order chi connectivity index (χ1) is 11.3. The lowest BCUT2D eigenvalue weighted by Crippen LogP contribution is -2.02. The Kier molecular flexibility index (Phi) is 3.19. The largest absolute Gasteiger partial charge is 0.381 e. The molecule has 23 heavy (non-hydrogen) atoms. The summed E-state index contributed by atoms with van der Waals surface area (Å²) in [6.45, 7) is 2.52. The lowest BCUT2D eigenvalue weighted by atomic mass is 10.2. The highest BCUT2D eigenvalue weighted by Crippen LogP contribution is 2.18. The number of H-pyrrole nitrogens is 1. The number of fused-ring (bicyclic) bond motifs is 1. The Morgan fingerprint density at radius 2 is 2.13 bits per heavy atom. The van der Waals surface area contributed by atoms with Gasteiger partial charge < -0.3 is 10.3 Å². The van der Waals surface area contributed by atoms with E-state index in [4.69, 9.17) is 0 Å². The topological polar surface area (TPSA) is 97.2 Å². The Morgan fingerprint density at radius 3 is 3.00 bits per heavy atom. The molecular weight excluding hydrogens is 292 g/mol. The predicted octanol–water partition coefficient (Wildman–Crippen LogP) is 1.85. The molecule has 0 unspecified atom stereocenters. The average Bonchev–Trinajstić information content (AvgIpc) is 3.19. The minimum atomic E-state index is 0.650. The zero-order valence-corrected chi connectivity index (χ0v) is 12.4. The molecule has 4 aromatic rings. The molecule has 8 heteroatoms. The van der Waals surface area contributed by atoms with Gasteiger partial charge >= 0.3 is 0 Å². The summed E-state index contributed by atoms with van der Waals surface area (Å²) in [6, 6.07) is 7.94. The number of aromatic amines is 1. The third-order valence-corrected chi connectivity index (χ3v) is 3.58. The molecule has 0 saturated carbocycles. The molecule has 0 aliphatic rings. The van der Waals surface area contributed by atoms with Gasteiger partial charge in [0, 0.05) is 36.4 Å². The van der Waals surface area contributed by atoms with Gasteiger partial charge in [0.1, 0.15) is 5.52 Å². The fourth-order valence-electron chi connectivity index (χ4n) is 2.45. The summed E-state index contributed by atoms with van der Waals surface area (Å²) < 4.78 is 1.70. The molecule has 8 nitrogen and oxygen atoms in total. The average molecular weight is 306 g/mol. The van der Waals surface area contributed by atoms with Crippen LogP contribution in [0.2, 0.25) is 0 Å². The molecule has 0 aliphatic heterocycles. The van der Waals surface area contributed by atoms with Crippen LogP contribution in [0.5, 0.6) is 0 Å². The van der Waals surface area contributed by atoms with Crippen LogP contribution >= 0.6 is 0 Å². The number of rotatable bonds is 4. The summed E-state index contributed by atoms with van der Waals surface area (Å²) in [5, 5.41) is 15.0. The number of nitrogens with zero attached hydrogens (tertiary/aromatic N) is 6. The maximum atomic E-state index is 4.36. The van der Waals surface area contributed by atoms with E-state index in [9.17, 15) is 0 Å². The monoisotopic (exact) mass is 306 g/mol. The molecule has 0 amide bonds. The van der Waals surface area contributed by atoms with Crippen molar-refractivity contribution >= 4 is 16.9 Å². The van der Waals surface area contributed by atoms with Gasteiger partial charge in [-0.3, -0.25) is 4.98 Å². The number of anilines is 1. The normalized spacial score (nSPS) is 11.0. The van der Waals surface area contributed by atoms with Gasteiger partial charge in [-0.05, 0) is 35.5 Å². The molecule has 0 fully saturated rings. The summed E-state index contributed by atoms with van der Waals surface area (Å²) in [5.41, 5.74) is 4.64. The molecule has 0 saturated heterocycles. The van der Waals surface area contributed by atoms with Gasteiger partial charge in [0.05, 0.1) is 5.69 Å². The van der Waals surface area contributed by atoms with Gasteiger partial charge in [0.2, 0.25) is 0 Å². The van der Waals surface area contributed by atoms with Crippen LogP contribution in [-0.2, 0) is 6.54 Å². The van der Waals surface area contributed by atoms with Crippen LogP contribution in [0.15, 0.2) is 42.9 Å². The van der Waals surface area contributed by atoms with Gasteiger partial charge in [-0.2, -0.15) is 4.68 Å². The Bertz CT molecular complexity index is 955. The minimum absolute atomic E-state index is 0.650. The summed E-state index contributed by atoms with van der Waals surface area (Å²) in [6.07, 6.45) is 5.29. The molecule has 1 aromatic carbocycles. The maximum Gasteiger partial charge on any atom is 0.156 e. The summed E-state index contributed by atoms with van der Waals surface area (Å²) in [7, 11) is 0. The van der Waals surface area contributed by atoms with Gasteiger partial charge in [-0.1, -0.05) is 6.07 Å². The molecule has 2 N–H and O–H groups in total. The molecule has 4 rings (SSSR count). The van der Waals surface area contributed by atoms with E-state index in [0.29, 0.717) is 6.54 Å². The second-order valence-electron chi connectivity index (χ2n) is 5.11. The van der Waals surface area contributed by atoms with Gasteiger partial charge in [0.25, 0.3) is 0 Å². The molecule has 114 valence electrons. The number of hydrogen-bond acceptors (Lipinski definition) is 6. The summed E-state index contributed by atoms with van der Waals surface area (Å²) in [5.74, 6) is 0.744. The van der Waals surface area contributed by atoms with Crippen molar-refractivity contribution in [2.24, 2.45) is 0 Å². The van der Waals surface area contributed by atoms with Gasteiger partial charge in [-0.25, -0.2) is 4.98 Å². The van der Waals surface area contributed by atoms with E-state index in [1.165, 1.54) is 0 Å². The second kappa shape index (κ2) is 5.48. The van der Waals surface area contributed by atoms with Gasteiger partial charge in [0.15, 0.2) is 11.5 Å². The van der Waals surface area contributed by atoms with Crippen LogP contribution < -0.4 is 5.32 Å². The van der Waals surface area contributed by atoms with E-state index >= 15 is 0 Å². The summed E-state index contributed by atoms with van der Waals surface area (Å²) in [4.78, 5) is 11.7. The molecule has 0 aliphatic carbocycles. The van der Waals surface area contributed by atoms with Gasteiger partial charge in [-0.15, -0.1) is 5.10 Å². The molecule has 0 atom stereocenters. The Balaban J connectivity index is 1.57. The molecule has 0 radical (unpaired) electrons. The zero-order chi connectivity index (χ0) is 15.6. The predicted molar refractivity (Wildman–Crippen MR) is 85.1 cm³/mol. The Morgan fingerprint density at radius 1 is 1.22 bits per heavy atom. The lowest BCUT2D eigenvalue weighted by Gasteiger charge is -2.08. The third-order valence-electron chi connectivity index (χ3n) is 3.58. The van der Waals surface area contributed by atoms with E-state index < -0.39 is 0 Å². The van der Waals surface area contributed by atoms with Crippen molar-refractivity contribution in [2.75, 3.05) is 5.32 Å². The van der Waals surface area contributed by atoms with Crippen LogP contribution in [0.1, 0.15) is 11.4 Å². The highest BCUT2D eigenvalue weighted by Gasteiger charge is 2.07. The maximum absolute atomic E-state index is 4.36. The van der Waals surface area contributed by atoms with Crippen molar-refractivity contribution in [2.45, 2.75) is 13.5 Å². The van der Waals surface area contributed by atoms with Crippen molar-refractivity contribution in [3.05, 3.63) is 54.2 Å². The minimum Gasteiger partial charge on any atom is -0.381 e. The fourth-order valence-corrected chi connectivity index (χ4v) is 2.45. The zero-order valence-electron chi connectivity index (χ0n) is 12.4. The summed E-state index contributed by atoms with van der Waals surface area (Å²) >= 11 is 0. The Hall–Kier alpha value is -3.29. The van der Waals surface area contributed by atoms with Crippen LogP contribution in [0, 0.1) is 6.92 Å². The molecule has 3 heterocycles. The molecule has 0 bridgehead atoms. The Labute approximate surface area is 131 Å².